The third kappa shape index (κ3) is 3.41. The molecule has 0 aliphatic heterocycles. The topological polar surface area (TPSA) is 96.5 Å². The number of amides is 1. The molecule has 0 radical (unpaired) electrons. The van der Waals surface area contributed by atoms with Crippen LogP contribution in [0.5, 0.6) is 0 Å². The molecule has 1 unspecified atom stereocenters. The maximum atomic E-state index is 12.2. The smallest absolute Gasteiger partial charge is 0.231 e. The second-order valence-corrected chi connectivity index (χ2v) is 6.97. The van der Waals surface area contributed by atoms with Gasteiger partial charge in [0, 0.05) is 25.0 Å². The van der Waals surface area contributed by atoms with E-state index in [4.69, 9.17) is 0 Å². The van der Waals surface area contributed by atoms with Gasteiger partial charge in [0.1, 0.15) is 5.54 Å². The molecule has 1 fully saturated rings. The number of nitrogens with one attached hydrogen (secondary N) is 1. The predicted octanol–water partition coefficient (Wildman–Crippen LogP) is 1.78. The summed E-state index contributed by atoms with van der Waals surface area (Å²) in [5.41, 5.74) is 0.105. The molecular weight excluding hydrogens is 324 g/mol. The largest absolute Gasteiger partial charge is 0.337 e. The predicted molar refractivity (Wildman–Crippen MR) is 89.8 cm³/mol. The number of thioether (sulfide) groups is 1. The van der Waals surface area contributed by atoms with Crippen LogP contribution in [-0.2, 0) is 11.8 Å². The Morgan fingerprint density at radius 2 is 2.33 bits per heavy atom. The SMILES string of the molecule is Cn1c(SCC(=O)NC(C)(C#N)C2CC2)nnc1-c1cccnc1. The maximum absolute atomic E-state index is 12.2. The summed E-state index contributed by atoms with van der Waals surface area (Å²) in [6, 6.07) is 5.97. The minimum Gasteiger partial charge on any atom is -0.337 e. The lowest BCUT2D eigenvalue weighted by atomic mass is 9.98. The van der Waals surface area contributed by atoms with Crippen molar-refractivity contribution in [2.24, 2.45) is 13.0 Å². The van der Waals surface area contributed by atoms with E-state index in [9.17, 15) is 10.1 Å². The number of carbonyl (C=O) groups is 1. The summed E-state index contributed by atoms with van der Waals surface area (Å²) in [4.78, 5) is 16.2. The van der Waals surface area contributed by atoms with Gasteiger partial charge in [0.2, 0.25) is 5.91 Å². The summed E-state index contributed by atoms with van der Waals surface area (Å²) in [7, 11) is 1.85. The highest BCUT2D eigenvalue weighted by molar-refractivity contribution is 7.99. The van der Waals surface area contributed by atoms with Crippen LogP contribution in [0.2, 0.25) is 0 Å². The fraction of sp³-hybridized carbons (Fsp3) is 0.438. The zero-order valence-corrected chi connectivity index (χ0v) is 14.4. The second-order valence-electron chi connectivity index (χ2n) is 6.03. The fourth-order valence-electron chi connectivity index (χ4n) is 2.52. The van der Waals surface area contributed by atoms with Gasteiger partial charge in [-0.15, -0.1) is 10.2 Å². The normalized spacial score (nSPS) is 16.2. The zero-order chi connectivity index (χ0) is 17.2. The highest BCUT2D eigenvalue weighted by atomic mass is 32.2. The number of carbonyl (C=O) groups excluding carboxylic acids is 1. The molecule has 0 aromatic carbocycles. The highest BCUT2D eigenvalue weighted by Gasteiger charge is 2.42. The van der Waals surface area contributed by atoms with Crippen LogP contribution in [0.1, 0.15) is 19.8 Å². The lowest BCUT2D eigenvalue weighted by molar-refractivity contribution is -0.119. The standard InChI is InChI=1S/C16H18N6OS/c1-16(10-17,12-5-6-12)19-13(23)9-24-15-21-20-14(22(15)2)11-4-3-7-18-8-11/h3-4,7-8,12H,5-6,9H2,1-2H3,(H,19,23). The van der Waals surface area contributed by atoms with E-state index in [1.54, 1.807) is 19.3 Å². The second kappa shape index (κ2) is 6.61. The van der Waals surface area contributed by atoms with Gasteiger partial charge in [0.05, 0.1) is 11.8 Å². The Bertz CT molecular complexity index is 780. The molecule has 7 nitrogen and oxygen atoms in total. The molecule has 1 aliphatic carbocycles. The van der Waals surface area contributed by atoms with E-state index in [1.165, 1.54) is 11.8 Å². The first-order valence-electron chi connectivity index (χ1n) is 7.68. The Labute approximate surface area is 144 Å². The van der Waals surface area contributed by atoms with Crippen molar-refractivity contribution in [1.29, 1.82) is 5.26 Å². The molecule has 24 heavy (non-hydrogen) atoms. The van der Waals surface area contributed by atoms with Gasteiger partial charge in [0.15, 0.2) is 11.0 Å². The molecule has 0 saturated heterocycles. The Balaban J connectivity index is 1.62. The molecule has 124 valence electrons. The van der Waals surface area contributed by atoms with Crippen molar-refractivity contribution in [3.63, 3.8) is 0 Å². The van der Waals surface area contributed by atoms with Gasteiger partial charge < -0.3 is 9.88 Å². The number of rotatable bonds is 6. The first kappa shape index (κ1) is 16.5. The van der Waals surface area contributed by atoms with Crippen molar-refractivity contribution in [2.75, 3.05) is 5.75 Å². The average Bonchev–Trinajstić information content (AvgIpc) is 3.38. The first-order valence-corrected chi connectivity index (χ1v) is 8.67. The van der Waals surface area contributed by atoms with E-state index in [0.29, 0.717) is 11.0 Å². The summed E-state index contributed by atoms with van der Waals surface area (Å²) < 4.78 is 1.83. The van der Waals surface area contributed by atoms with Crippen molar-refractivity contribution < 1.29 is 4.79 Å². The van der Waals surface area contributed by atoms with Crippen molar-refractivity contribution in [3.8, 4) is 17.5 Å². The minimum atomic E-state index is -0.765. The summed E-state index contributed by atoms with van der Waals surface area (Å²) in [6.45, 7) is 1.79. The number of aromatic nitrogens is 4. The van der Waals surface area contributed by atoms with Gasteiger partial charge in [-0.25, -0.2) is 0 Å². The molecule has 1 aliphatic rings. The van der Waals surface area contributed by atoms with E-state index in [-0.39, 0.29) is 17.6 Å². The first-order chi connectivity index (χ1) is 11.5. The molecule has 2 aromatic rings. The lowest BCUT2D eigenvalue weighted by Crippen LogP contribution is -2.47. The number of nitriles is 1. The fourth-order valence-corrected chi connectivity index (χ4v) is 3.24. The summed E-state index contributed by atoms with van der Waals surface area (Å²) in [5, 5.41) is 21.1. The van der Waals surface area contributed by atoms with Crippen molar-refractivity contribution >= 4 is 17.7 Å². The van der Waals surface area contributed by atoms with E-state index in [1.807, 2.05) is 23.7 Å². The number of pyridine rings is 1. The van der Waals surface area contributed by atoms with Gasteiger partial charge >= 0.3 is 0 Å². The van der Waals surface area contributed by atoms with Gasteiger partial charge in [0.25, 0.3) is 0 Å². The van der Waals surface area contributed by atoms with Gasteiger partial charge in [-0.3, -0.25) is 9.78 Å². The van der Waals surface area contributed by atoms with Crippen molar-refractivity contribution in [3.05, 3.63) is 24.5 Å². The van der Waals surface area contributed by atoms with Crippen LogP contribution in [0.25, 0.3) is 11.4 Å². The van der Waals surface area contributed by atoms with Gasteiger partial charge in [-0.05, 0) is 37.8 Å². The molecule has 1 N–H and O–H groups in total. The molecule has 1 saturated carbocycles. The monoisotopic (exact) mass is 342 g/mol. The summed E-state index contributed by atoms with van der Waals surface area (Å²) >= 11 is 1.30. The van der Waals surface area contributed by atoms with Crippen LogP contribution in [0, 0.1) is 17.2 Å². The van der Waals surface area contributed by atoms with E-state index in [2.05, 4.69) is 26.6 Å². The van der Waals surface area contributed by atoms with Crippen LogP contribution in [0.4, 0.5) is 0 Å². The third-order valence-electron chi connectivity index (χ3n) is 4.11. The third-order valence-corrected chi connectivity index (χ3v) is 5.13. The van der Waals surface area contributed by atoms with Gasteiger partial charge in [-0.1, -0.05) is 11.8 Å². The number of hydrogen-bond acceptors (Lipinski definition) is 6. The maximum Gasteiger partial charge on any atom is 0.231 e. The molecule has 3 rings (SSSR count). The Kier molecular flexibility index (Phi) is 4.53. The molecule has 2 heterocycles. The summed E-state index contributed by atoms with van der Waals surface area (Å²) in [5.74, 6) is 0.999. The number of nitrogens with zero attached hydrogens (tertiary/aromatic N) is 5. The van der Waals surface area contributed by atoms with Crippen LogP contribution >= 0.6 is 11.8 Å². The van der Waals surface area contributed by atoms with Crippen molar-refractivity contribution in [1.82, 2.24) is 25.1 Å². The van der Waals surface area contributed by atoms with Crippen LogP contribution < -0.4 is 5.32 Å². The van der Waals surface area contributed by atoms with E-state index in [0.717, 1.165) is 18.4 Å². The number of hydrogen-bond donors (Lipinski definition) is 1. The Morgan fingerprint density at radius 1 is 1.54 bits per heavy atom. The Morgan fingerprint density at radius 3 is 2.96 bits per heavy atom. The molecule has 1 amide bonds. The van der Waals surface area contributed by atoms with E-state index >= 15 is 0 Å². The lowest BCUT2D eigenvalue weighted by Gasteiger charge is -2.22. The van der Waals surface area contributed by atoms with Gasteiger partial charge in [-0.2, -0.15) is 5.26 Å². The van der Waals surface area contributed by atoms with Crippen molar-refractivity contribution in [2.45, 2.75) is 30.5 Å². The molecule has 0 spiro atoms. The highest BCUT2D eigenvalue weighted by Crippen LogP contribution is 2.39. The average molecular weight is 342 g/mol. The summed E-state index contributed by atoms with van der Waals surface area (Å²) in [6.07, 6.45) is 5.41. The van der Waals surface area contributed by atoms with Crippen LogP contribution in [0.3, 0.4) is 0 Å². The molecular formula is C16H18N6OS. The Hall–Kier alpha value is -2.40. The van der Waals surface area contributed by atoms with Crippen LogP contribution in [-0.4, -0.2) is 36.9 Å². The molecule has 0 bridgehead atoms. The molecule has 1 atom stereocenters. The minimum absolute atomic E-state index is 0.165. The van der Waals surface area contributed by atoms with Crippen LogP contribution in [0.15, 0.2) is 29.7 Å². The van der Waals surface area contributed by atoms with E-state index < -0.39 is 5.54 Å². The molecule has 8 heteroatoms. The molecule has 2 aromatic heterocycles. The quantitative estimate of drug-likeness (QED) is 0.804. The zero-order valence-electron chi connectivity index (χ0n) is 13.6.